The zero-order valence-corrected chi connectivity index (χ0v) is 16.8. The van der Waals surface area contributed by atoms with Crippen LogP contribution in [0.25, 0.3) is 28.2 Å². The predicted octanol–water partition coefficient (Wildman–Crippen LogP) is 3.05. The molecule has 0 radical (unpaired) electrons. The molecule has 1 saturated heterocycles. The van der Waals surface area contributed by atoms with Crippen molar-refractivity contribution in [3.05, 3.63) is 48.0 Å². The summed E-state index contributed by atoms with van der Waals surface area (Å²) in [7, 11) is 0. The second-order valence-corrected chi connectivity index (χ2v) is 7.75. The van der Waals surface area contributed by atoms with Crippen LogP contribution in [0.15, 0.2) is 41.1 Å². The molecule has 5 rings (SSSR count). The largest absolute Gasteiger partial charge is 0.339 e. The summed E-state index contributed by atoms with van der Waals surface area (Å²) < 4.78 is 6.68. The van der Waals surface area contributed by atoms with Crippen LogP contribution in [0, 0.1) is 12.8 Å². The number of benzene rings is 1. The summed E-state index contributed by atoms with van der Waals surface area (Å²) in [5.74, 6) is 1.59. The molecule has 0 saturated carbocycles. The van der Waals surface area contributed by atoms with Gasteiger partial charge in [0.25, 0.3) is 5.91 Å². The van der Waals surface area contributed by atoms with Crippen molar-refractivity contribution in [1.29, 1.82) is 0 Å². The molecule has 1 amide bonds. The van der Waals surface area contributed by atoms with Crippen LogP contribution >= 0.6 is 0 Å². The van der Waals surface area contributed by atoms with Crippen LogP contribution in [-0.4, -0.2) is 54.0 Å². The molecule has 0 N–H and O–H groups in total. The summed E-state index contributed by atoms with van der Waals surface area (Å²) in [5, 5.41) is 12.4. The van der Waals surface area contributed by atoms with Crippen molar-refractivity contribution in [2.75, 3.05) is 13.1 Å². The number of fused-ring (bicyclic) bond motifs is 1. The lowest BCUT2D eigenvalue weighted by Gasteiger charge is -2.30. The van der Waals surface area contributed by atoms with Gasteiger partial charge >= 0.3 is 0 Å². The molecule has 3 aromatic heterocycles. The normalized spacial score (nSPS) is 16.9. The fourth-order valence-corrected chi connectivity index (χ4v) is 3.83. The number of hydrogen-bond acceptors (Lipinski definition) is 7. The topological polar surface area (TPSA) is 103 Å². The molecule has 0 aliphatic carbocycles. The molecule has 4 heterocycles. The molecule has 4 aromatic rings. The molecule has 9 nitrogen and oxygen atoms in total. The van der Waals surface area contributed by atoms with E-state index in [9.17, 15) is 4.79 Å². The zero-order valence-electron chi connectivity index (χ0n) is 16.8. The van der Waals surface area contributed by atoms with E-state index in [2.05, 4.69) is 32.4 Å². The number of piperidine rings is 1. The van der Waals surface area contributed by atoms with Crippen LogP contribution in [0.3, 0.4) is 0 Å². The van der Waals surface area contributed by atoms with Crippen molar-refractivity contribution in [3.8, 4) is 17.1 Å². The van der Waals surface area contributed by atoms with E-state index >= 15 is 0 Å². The lowest BCUT2D eigenvalue weighted by Crippen LogP contribution is -2.39. The van der Waals surface area contributed by atoms with E-state index in [-0.39, 0.29) is 5.91 Å². The molecule has 1 atom stereocenters. The second-order valence-electron chi connectivity index (χ2n) is 7.75. The summed E-state index contributed by atoms with van der Waals surface area (Å²) in [6.45, 7) is 5.51. The zero-order chi connectivity index (χ0) is 20.7. The minimum absolute atomic E-state index is 0.00487. The van der Waals surface area contributed by atoms with Crippen LogP contribution in [0.2, 0.25) is 0 Å². The van der Waals surface area contributed by atoms with E-state index in [0.29, 0.717) is 34.4 Å². The summed E-state index contributed by atoms with van der Waals surface area (Å²) in [6, 6.07) is 9.34. The van der Waals surface area contributed by atoms with Crippen LogP contribution in [0.5, 0.6) is 0 Å². The van der Waals surface area contributed by atoms with E-state index in [4.69, 9.17) is 4.52 Å². The van der Waals surface area contributed by atoms with Gasteiger partial charge in [0.1, 0.15) is 5.52 Å². The van der Waals surface area contributed by atoms with Crippen LogP contribution in [0.4, 0.5) is 0 Å². The molecule has 1 aliphatic rings. The van der Waals surface area contributed by atoms with E-state index < -0.39 is 0 Å². The number of nitrogens with zero attached hydrogens (tertiary/aromatic N) is 7. The molecule has 9 heteroatoms. The third-order valence-electron chi connectivity index (χ3n) is 5.38. The monoisotopic (exact) mass is 403 g/mol. The highest BCUT2D eigenvalue weighted by atomic mass is 16.5. The third-order valence-corrected chi connectivity index (χ3v) is 5.38. The number of hydrogen-bond donors (Lipinski definition) is 0. The summed E-state index contributed by atoms with van der Waals surface area (Å²) >= 11 is 0. The molecule has 152 valence electrons. The SMILES string of the molecule is Cc1nc(-c2ccc(-n3nnc4cc(C(=O)N5CCC[C@H](C)C5)cnc43)cc2)no1. The average Bonchev–Trinajstić information content (AvgIpc) is 3.39. The van der Waals surface area contributed by atoms with E-state index in [1.165, 1.54) is 6.42 Å². The Labute approximate surface area is 172 Å². The van der Waals surface area contributed by atoms with E-state index in [1.807, 2.05) is 29.2 Å². The average molecular weight is 403 g/mol. The Morgan fingerprint density at radius 3 is 2.80 bits per heavy atom. The summed E-state index contributed by atoms with van der Waals surface area (Å²) in [6.07, 6.45) is 3.82. The van der Waals surface area contributed by atoms with Crippen molar-refractivity contribution in [3.63, 3.8) is 0 Å². The van der Waals surface area contributed by atoms with Gasteiger partial charge in [-0.05, 0) is 49.1 Å². The lowest BCUT2D eigenvalue weighted by atomic mass is 10.00. The van der Waals surface area contributed by atoms with Gasteiger partial charge in [0.15, 0.2) is 5.65 Å². The minimum atomic E-state index is 0.00487. The Balaban J connectivity index is 1.42. The maximum absolute atomic E-state index is 12.9. The maximum Gasteiger partial charge on any atom is 0.255 e. The van der Waals surface area contributed by atoms with Gasteiger partial charge in [-0.25, -0.2) is 4.98 Å². The quantitative estimate of drug-likeness (QED) is 0.518. The summed E-state index contributed by atoms with van der Waals surface area (Å²) in [4.78, 5) is 23.5. The first kappa shape index (κ1) is 18.4. The number of rotatable bonds is 3. The van der Waals surface area contributed by atoms with Gasteiger partial charge in [-0.1, -0.05) is 17.3 Å². The number of carbonyl (C=O) groups is 1. The number of aromatic nitrogens is 6. The summed E-state index contributed by atoms with van der Waals surface area (Å²) in [5.41, 5.74) is 3.38. The lowest BCUT2D eigenvalue weighted by molar-refractivity contribution is 0.0683. The first-order chi connectivity index (χ1) is 14.6. The van der Waals surface area contributed by atoms with E-state index in [0.717, 1.165) is 30.8 Å². The number of carbonyl (C=O) groups excluding carboxylic acids is 1. The van der Waals surface area contributed by atoms with Gasteiger partial charge < -0.3 is 9.42 Å². The van der Waals surface area contributed by atoms with Gasteiger partial charge in [-0.2, -0.15) is 9.67 Å². The Bertz CT molecular complexity index is 1210. The highest BCUT2D eigenvalue weighted by Crippen LogP contribution is 2.22. The third kappa shape index (κ3) is 3.32. The first-order valence-corrected chi connectivity index (χ1v) is 10.0. The van der Waals surface area contributed by atoms with Crippen LogP contribution < -0.4 is 0 Å². The molecule has 1 fully saturated rings. The van der Waals surface area contributed by atoms with Gasteiger partial charge in [-0.3, -0.25) is 4.79 Å². The minimum Gasteiger partial charge on any atom is -0.339 e. The van der Waals surface area contributed by atoms with Crippen molar-refractivity contribution in [2.45, 2.75) is 26.7 Å². The van der Waals surface area contributed by atoms with Crippen LogP contribution in [-0.2, 0) is 0 Å². The molecular formula is C21H21N7O2. The van der Waals surface area contributed by atoms with E-state index in [1.54, 1.807) is 23.9 Å². The number of pyridine rings is 1. The predicted molar refractivity (Wildman–Crippen MR) is 109 cm³/mol. The van der Waals surface area contributed by atoms with Gasteiger partial charge in [0.05, 0.1) is 11.3 Å². The highest BCUT2D eigenvalue weighted by Gasteiger charge is 2.23. The molecule has 1 aliphatic heterocycles. The van der Waals surface area contributed by atoms with Gasteiger partial charge in [0.2, 0.25) is 11.7 Å². The van der Waals surface area contributed by atoms with Crippen molar-refractivity contribution in [1.82, 2.24) is 35.0 Å². The Hall–Kier alpha value is -3.62. The highest BCUT2D eigenvalue weighted by molar-refractivity contribution is 5.96. The Morgan fingerprint density at radius 2 is 2.07 bits per heavy atom. The smallest absolute Gasteiger partial charge is 0.255 e. The Morgan fingerprint density at radius 1 is 1.23 bits per heavy atom. The molecule has 1 aromatic carbocycles. The van der Waals surface area contributed by atoms with Crippen molar-refractivity contribution in [2.24, 2.45) is 5.92 Å². The standard InChI is InChI=1S/C21H21N7O2/c1-13-4-3-9-27(12-13)21(29)16-10-18-20(22-11-16)28(26-24-18)17-7-5-15(6-8-17)19-23-14(2)30-25-19/h5-8,10-11,13H,3-4,9,12H2,1-2H3/t13-/m0/s1. The second kappa shape index (κ2) is 7.33. The fraction of sp³-hybridized carbons (Fsp3) is 0.333. The maximum atomic E-state index is 12.9. The fourth-order valence-electron chi connectivity index (χ4n) is 3.83. The molecule has 0 unspecified atom stereocenters. The molecule has 0 spiro atoms. The molecular weight excluding hydrogens is 382 g/mol. The van der Waals surface area contributed by atoms with Crippen molar-refractivity contribution < 1.29 is 9.32 Å². The number of aryl methyl sites for hydroxylation is 1. The molecule has 0 bridgehead atoms. The van der Waals surface area contributed by atoms with Crippen molar-refractivity contribution >= 4 is 17.1 Å². The van der Waals surface area contributed by atoms with Gasteiger partial charge in [-0.15, -0.1) is 5.10 Å². The number of amides is 1. The Kier molecular flexibility index (Phi) is 4.50. The van der Waals surface area contributed by atoms with Crippen LogP contribution in [0.1, 0.15) is 36.0 Å². The number of likely N-dealkylation sites (tertiary alicyclic amines) is 1. The first-order valence-electron chi connectivity index (χ1n) is 10.0. The molecule has 30 heavy (non-hydrogen) atoms. The van der Waals surface area contributed by atoms with Gasteiger partial charge in [0, 0.05) is 31.8 Å².